The normalized spacial score (nSPS) is 16.1. The highest BCUT2D eigenvalue weighted by Gasteiger charge is 2.21. The predicted octanol–water partition coefficient (Wildman–Crippen LogP) is 1.46. The van der Waals surface area contributed by atoms with Crippen LogP contribution in [0.25, 0.3) is 0 Å². The van der Waals surface area contributed by atoms with Gasteiger partial charge in [-0.25, -0.2) is 13.6 Å². The second-order valence-corrected chi connectivity index (χ2v) is 5.91. The van der Waals surface area contributed by atoms with E-state index in [4.69, 9.17) is 5.14 Å². The first-order valence-corrected chi connectivity index (χ1v) is 6.89. The highest BCUT2D eigenvalue weighted by atomic mass is 32.2. The van der Waals surface area contributed by atoms with Crippen LogP contribution in [0.1, 0.15) is 18.4 Å². The molecule has 0 aromatic heterocycles. The highest BCUT2D eigenvalue weighted by molar-refractivity contribution is 7.89. The molecule has 1 aromatic carbocycles. The van der Waals surface area contributed by atoms with E-state index in [9.17, 15) is 8.42 Å². The second kappa shape index (κ2) is 4.07. The van der Waals surface area contributed by atoms with Gasteiger partial charge in [0.05, 0.1) is 4.90 Å². The van der Waals surface area contributed by atoms with Crippen molar-refractivity contribution in [2.75, 3.05) is 11.9 Å². The number of nitrogens with two attached hydrogens (primary N) is 1. The lowest BCUT2D eigenvalue weighted by molar-refractivity contribution is 0.598. The molecule has 1 aliphatic carbocycles. The van der Waals surface area contributed by atoms with Gasteiger partial charge in [0.2, 0.25) is 10.0 Å². The Labute approximate surface area is 95.9 Å². The summed E-state index contributed by atoms with van der Waals surface area (Å²) < 4.78 is 22.4. The zero-order valence-electron chi connectivity index (χ0n) is 9.23. The second-order valence-electron chi connectivity index (χ2n) is 4.35. The van der Waals surface area contributed by atoms with Crippen molar-refractivity contribution in [1.29, 1.82) is 0 Å². The van der Waals surface area contributed by atoms with E-state index in [1.165, 1.54) is 18.9 Å². The predicted molar refractivity (Wildman–Crippen MR) is 63.8 cm³/mol. The van der Waals surface area contributed by atoms with Crippen molar-refractivity contribution < 1.29 is 8.42 Å². The number of aryl methyl sites for hydroxylation is 1. The third-order valence-corrected chi connectivity index (χ3v) is 3.73. The van der Waals surface area contributed by atoms with Crippen molar-refractivity contribution in [1.82, 2.24) is 0 Å². The maximum absolute atomic E-state index is 11.2. The standard InChI is InChI=1S/C11H16N2O2S/c1-8-2-5-10(16(12,14)15)6-11(8)13-7-9-3-4-9/h2,5-6,9,13H,3-4,7H2,1H3,(H2,12,14,15). The van der Waals surface area contributed by atoms with Crippen LogP contribution in [0.15, 0.2) is 23.1 Å². The average molecular weight is 240 g/mol. The molecular formula is C11H16N2O2S. The van der Waals surface area contributed by atoms with Gasteiger partial charge in [-0.2, -0.15) is 0 Å². The zero-order chi connectivity index (χ0) is 11.8. The van der Waals surface area contributed by atoms with Crippen LogP contribution in [0.4, 0.5) is 5.69 Å². The van der Waals surface area contributed by atoms with E-state index < -0.39 is 10.0 Å². The number of benzene rings is 1. The van der Waals surface area contributed by atoms with Crippen LogP contribution in [-0.4, -0.2) is 15.0 Å². The number of hydrogen-bond donors (Lipinski definition) is 2. The van der Waals surface area contributed by atoms with Gasteiger partial charge in [-0.3, -0.25) is 0 Å². The molecule has 0 unspecified atom stereocenters. The van der Waals surface area contributed by atoms with Crippen molar-refractivity contribution in [2.45, 2.75) is 24.7 Å². The maximum atomic E-state index is 11.2. The van der Waals surface area contributed by atoms with E-state index in [0.29, 0.717) is 0 Å². The Morgan fingerprint density at radius 1 is 1.44 bits per heavy atom. The van der Waals surface area contributed by atoms with Crippen molar-refractivity contribution in [3.05, 3.63) is 23.8 Å². The van der Waals surface area contributed by atoms with Gasteiger partial charge in [-0.05, 0) is 43.4 Å². The van der Waals surface area contributed by atoms with E-state index >= 15 is 0 Å². The minimum Gasteiger partial charge on any atom is -0.385 e. The van der Waals surface area contributed by atoms with Crippen molar-refractivity contribution in [2.24, 2.45) is 11.1 Å². The molecule has 4 nitrogen and oxygen atoms in total. The lowest BCUT2D eigenvalue weighted by Crippen LogP contribution is -2.13. The van der Waals surface area contributed by atoms with Gasteiger partial charge in [0.25, 0.3) is 0 Å². The van der Waals surface area contributed by atoms with E-state index in [0.717, 1.165) is 23.7 Å². The van der Waals surface area contributed by atoms with Gasteiger partial charge in [0, 0.05) is 12.2 Å². The van der Waals surface area contributed by atoms with E-state index in [1.54, 1.807) is 12.1 Å². The van der Waals surface area contributed by atoms with Crippen molar-refractivity contribution in [3.8, 4) is 0 Å². The van der Waals surface area contributed by atoms with Crippen LogP contribution in [0.5, 0.6) is 0 Å². The minimum absolute atomic E-state index is 0.163. The molecule has 1 aliphatic rings. The lowest BCUT2D eigenvalue weighted by atomic mass is 10.2. The van der Waals surface area contributed by atoms with Crippen molar-refractivity contribution >= 4 is 15.7 Å². The zero-order valence-corrected chi connectivity index (χ0v) is 10.0. The molecule has 0 saturated heterocycles. The summed E-state index contributed by atoms with van der Waals surface area (Å²) in [7, 11) is -3.61. The number of sulfonamides is 1. The molecule has 0 bridgehead atoms. The molecule has 88 valence electrons. The molecular weight excluding hydrogens is 224 g/mol. The minimum atomic E-state index is -3.61. The summed E-state index contributed by atoms with van der Waals surface area (Å²) in [5.41, 5.74) is 1.89. The van der Waals surface area contributed by atoms with Crippen LogP contribution in [0, 0.1) is 12.8 Å². The summed E-state index contributed by atoms with van der Waals surface area (Å²) in [6.45, 7) is 2.86. The Morgan fingerprint density at radius 2 is 2.12 bits per heavy atom. The van der Waals surface area contributed by atoms with Crippen LogP contribution in [0.2, 0.25) is 0 Å². The summed E-state index contributed by atoms with van der Waals surface area (Å²) >= 11 is 0. The Hall–Kier alpha value is -1.07. The summed E-state index contributed by atoms with van der Waals surface area (Å²) in [5.74, 6) is 0.748. The molecule has 0 radical (unpaired) electrons. The monoisotopic (exact) mass is 240 g/mol. The fourth-order valence-corrected chi connectivity index (χ4v) is 2.08. The third-order valence-electron chi connectivity index (χ3n) is 2.82. The Morgan fingerprint density at radius 3 is 2.69 bits per heavy atom. The summed E-state index contributed by atoms with van der Waals surface area (Å²) in [5, 5.41) is 8.36. The summed E-state index contributed by atoms with van der Waals surface area (Å²) in [6, 6.07) is 4.91. The molecule has 0 aliphatic heterocycles. The van der Waals surface area contributed by atoms with Crippen LogP contribution < -0.4 is 10.5 Å². The highest BCUT2D eigenvalue weighted by Crippen LogP contribution is 2.29. The SMILES string of the molecule is Cc1ccc(S(N)(=O)=O)cc1NCC1CC1. The molecule has 16 heavy (non-hydrogen) atoms. The molecule has 1 saturated carbocycles. The maximum Gasteiger partial charge on any atom is 0.238 e. The molecule has 3 N–H and O–H groups in total. The van der Waals surface area contributed by atoms with Gasteiger partial charge < -0.3 is 5.32 Å². The van der Waals surface area contributed by atoms with Gasteiger partial charge in [-0.1, -0.05) is 6.07 Å². The molecule has 1 fully saturated rings. The molecule has 0 heterocycles. The third kappa shape index (κ3) is 2.74. The molecule has 2 rings (SSSR count). The first-order chi connectivity index (χ1) is 7.47. The first-order valence-electron chi connectivity index (χ1n) is 5.34. The van der Waals surface area contributed by atoms with Crippen LogP contribution >= 0.6 is 0 Å². The Balaban J connectivity index is 2.21. The quantitative estimate of drug-likeness (QED) is 0.837. The van der Waals surface area contributed by atoms with Crippen LogP contribution in [-0.2, 0) is 10.0 Å². The fourth-order valence-electron chi connectivity index (χ4n) is 1.54. The van der Waals surface area contributed by atoms with Gasteiger partial charge >= 0.3 is 0 Å². The molecule has 5 heteroatoms. The first kappa shape index (κ1) is 11.4. The van der Waals surface area contributed by atoms with Gasteiger partial charge in [0.1, 0.15) is 0 Å². The Bertz CT molecular complexity index is 493. The molecule has 0 spiro atoms. The lowest BCUT2D eigenvalue weighted by Gasteiger charge is -2.10. The Kier molecular flexibility index (Phi) is 2.90. The number of rotatable bonds is 4. The van der Waals surface area contributed by atoms with E-state index in [-0.39, 0.29) is 4.90 Å². The largest absolute Gasteiger partial charge is 0.385 e. The summed E-state index contributed by atoms with van der Waals surface area (Å²) in [4.78, 5) is 0.163. The fraction of sp³-hybridized carbons (Fsp3) is 0.455. The number of hydrogen-bond acceptors (Lipinski definition) is 3. The molecule has 0 atom stereocenters. The van der Waals surface area contributed by atoms with Crippen molar-refractivity contribution in [3.63, 3.8) is 0 Å². The number of primary sulfonamides is 1. The van der Waals surface area contributed by atoms with E-state index in [2.05, 4.69) is 5.32 Å². The van der Waals surface area contributed by atoms with Crippen LogP contribution in [0.3, 0.4) is 0 Å². The van der Waals surface area contributed by atoms with Gasteiger partial charge in [0.15, 0.2) is 0 Å². The molecule has 1 aromatic rings. The van der Waals surface area contributed by atoms with Gasteiger partial charge in [-0.15, -0.1) is 0 Å². The average Bonchev–Trinajstić information content (AvgIpc) is 2.98. The topological polar surface area (TPSA) is 72.2 Å². The summed E-state index contributed by atoms with van der Waals surface area (Å²) in [6.07, 6.45) is 2.53. The number of anilines is 1. The smallest absolute Gasteiger partial charge is 0.238 e. The number of nitrogens with one attached hydrogen (secondary N) is 1. The van der Waals surface area contributed by atoms with E-state index in [1.807, 2.05) is 6.92 Å². The molecule has 0 amide bonds.